The van der Waals surface area contributed by atoms with E-state index in [2.05, 4.69) is 5.32 Å². The lowest BCUT2D eigenvalue weighted by molar-refractivity contribution is 0.341. The average molecular weight is 231 g/mol. The lowest BCUT2D eigenvalue weighted by atomic mass is 9.89. The van der Waals surface area contributed by atoms with E-state index in [1.54, 1.807) is 13.1 Å². The van der Waals surface area contributed by atoms with Crippen molar-refractivity contribution in [3.05, 3.63) is 34.6 Å². The van der Waals surface area contributed by atoms with Gasteiger partial charge in [0.05, 0.1) is 6.04 Å². The summed E-state index contributed by atoms with van der Waals surface area (Å²) < 4.78 is 13.5. The van der Waals surface area contributed by atoms with Crippen LogP contribution in [0.1, 0.15) is 25.5 Å². The van der Waals surface area contributed by atoms with Gasteiger partial charge in [-0.3, -0.25) is 0 Å². The van der Waals surface area contributed by atoms with Gasteiger partial charge in [-0.05, 0) is 39.1 Å². The zero-order chi connectivity index (χ0) is 11.6. The molecule has 0 aromatic heterocycles. The molecule has 0 saturated carbocycles. The third-order valence-electron chi connectivity index (χ3n) is 2.71. The molecule has 2 nitrogen and oxygen atoms in total. The van der Waals surface area contributed by atoms with Crippen molar-refractivity contribution >= 4 is 11.6 Å². The molecule has 1 atom stereocenters. The fourth-order valence-corrected chi connectivity index (χ4v) is 1.48. The first-order valence-corrected chi connectivity index (χ1v) is 5.15. The lowest BCUT2D eigenvalue weighted by Crippen LogP contribution is -2.46. The highest BCUT2D eigenvalue weighted by Gasteiger charge is 2.27. The number of nitrogens with one attached hydrogen (secondary N) is 1. The SMILES string of the molecule is CNC(C)(C)C(N)c1cc(Cl)ccc1F. The van der Waals surface area contributed by atoms with E-state index in [0.717, 1.165) is 0 Å². The summed E-state index contributed by atoms with van der Waals surface area (Å²) in [7, 11) is 1.79. The smallest absolute Gasteiger partial charge is 0.128 e. The highest BCUT2D eigenvalue weighted by Crippen LogP contribution is 2.27. The van der Waals surface area contributed by atoms with Crippen LogP contribution >= 0.6 is 11.6 Å². The van der Waals surface area contributed by atoms with Crippen LogP contribution in [0.3, 0.4) is 0 Å². The van der Waals surface area contributed by atoms with Crippen LogP contribution in [-0.2, 0) is 0 Å². The maximum Gasteiger partial charge on any atom is 0.128 e. The molecule has 0 bridgehead atoms. The minimum Gasteiger partial charge on any atom is -0.322 e. The monoisotopic (exact) mass is 230 g/mol. The molecule has 0 aliphatic carbocycles. The van der Waals surface area contributed by atoms with Crippen LogP contribution in [0.15, 0.2) is 18.2 Å². The maximum absolute atomic E-state index is 13.5. The molecule has 84 valence electrons. The van der Waals surface area contributed by atoms with Gasteiger partial charge in [0.2, 0.25) is 0 Å². The van der Waals surface area contributed by atoms with E-state index in [0.29, 0.717) is 10.6 Å². The summed E-state index contributed by atoms with van der Waals surface area (Å²) in [5, 5.41) is 3.55. The van der Waals surface area contributed by atoms with E-state index in [1.165, 1.54) is 12.1 Å². The van der Waals surface area contributed by atoms with Crippen molar-refractivity contribution in [2.45, 2.75) is 25.4 Å². The van der Waals surface area contributed by atoms with Gasteiger partial charge in [-0.2, -0.15) is 0 Å². The summed E-state index contributed by atoms with van der Waals surface area (Å²) in [6.45, 7) is 3.83. The quantitative estimate of drug-likeness (QED) is 0.837. The standard InChI is InChI=1S/C11H16ClFN2/c1-11(2,15-3)10(14)8-6-7(12)4-5-9(8)13/h4-6,10,15H,14H2,1-3H3. The lowest BCUT2D eigenvalue weighted by Gasteiger charge is -2.31. The number of nitrogens with two attached hydrogens (primary N) is 1. The largest absolute Gasteiger partial charge is 0.322 e. The van der Waals surface area contributed by atoms with Gasteiger partial charge in [-0.1, -0.05) is 11.6 Å². The molecule has 0 fully saturated rings. The van der Waals surface area contributed by atoms with Crippen LogP contribution in [-0.4, -0.2) is 12.6 Å². The molecule has 0 heterocycles. The van der Waals surface area contributed by atoms with Gasteiger partial charge in [0.1, 0.15) is 5.82 Å². The first-order valence-electron chi connectivity index (χ1n) is 4.78. The molecule has 1 unspecified atom stereocenters. The number of benzene rings is 1. The van der Waals surface area contributed by atoms with E-state index < -0.39 is 6.04 Å². The number of hydrogen-bond donors (Lipinski definition) is 2. The summed E-state index contributed by atoms with van der Waals surface area (Å²) in [5.41, 5.74) is 6.04. The van der Waals surface area contributed by atoms with Crippen molar-refractivity contribution < 1.29 is 4.39 Å². The molecule has 0 amide bonds. The Hall–Kier alpha value is -0.640. The Balaban J connectivity index is 3.10. The second kappa shape index (κ2) is 4.47. The third kappa shape index (κ3) is 2.68. The predicted molar refractivity (Wildman–Crippen MR) is 61.5 cm³/mol. The molecule has 1 aromatic rings. The molecule has 1 rings (SSSR count). The third-order valence-corrected chi connectivity index (χ3v) is 2.95. The number of likely N-dealkylation sites (N-methyl/N-ethyl adjacent to an activating group) is 1. The fraction of sp³-hybridized carbons (Fsp3) is 0.455. The van der Waals surface area contributed by atoms with E-state index in [-0.39, 0.29) is 11.4 Å². The van der Waals surface area contributed by atoms with Crippen LogP contribution in [0.25, 0.3) is 0 Å². The fourth-order valence-electron chi connectivity index (χ4n) is 1.30. The van der Waals surface area contributed by atoms with Crippen LogP contribution in [0.4, 0.5) is 4.39 Å². The van der Waals surface area contributed by atoms with Crippen molar-refractivity contribution in [1.29, 1.82) is 0 Å². The zero-order valence-electron chi connectivity index (χ0n) is 9.14. The van der Waals surface area contributed by atoms with Crippen LogP contribution in [0.5, 0.6) is 0 Å². The topological polar surface area (TPSA) is 38.0 Å². The van der Waals surface area contributed by atoms with Crippen molar-refractivity contribution in [1.82, 2.24) is 5.32 Å². The Bertz CT molecular complexity index is 352. The number of hydrogen-bond acceptors (Lipinski definition) is 2. The van der Waals surface area contributed by atoms with Crippen molar-refractivity contribution in [2.75, 3.05) is 7.05 Å². The summed E-state index contributed by atoms with van der Waals surface area (Å²) in [5.74, 6) is -0.324. The van der Waals surface area contributed by atoms with E-state index in [4.69, 9.17) is 17.3 Å². The van der Waals surface area contributed by atoms with Gasteiger partial charge in [0, 0.05) is 16.1 Å². The van der Waals surface area contributed by atoms with Gasteiger partial charge in [-0.25, -0.2) is 4.39 Å². The zero-order valence-corrected chi connectivity index (χ0v) is 9.90. The average Bonchev–Trinajstić information content (AvgIpc) is 2.20. The number of halogens is 2. The molecule has 4 heteroatoms. The molecular formula is C11H16ClFN2. The molecule has 0 aliphatic heterocycles. The molecular weight excluding hydrogens is 215 g/mol. The summed E-state index contributed by atoms with van der Waals surface area (Å²) in [4.78, 5) is 0. The highest BCUT2D eigenvalue weighted by atomic mass is 35.5. The van der Waals surface area contributed by atoms with Gasteiger partial charge >= 0.3 is 0 Å². The Labute approximate surface area is 94.6 Å². The Kier molecular flexibility index (Phi) is 3.71. The van der Waals surface area contributed by atoms with E-state index in [1.807, 2.05) is 13.8 Å². The predicted octanol–water partition coefficient (Wildman–Crippen LogP) is 2.48. The Morgan fingerprint density at radius 1 is 1.47 bits per heavy atom. The normalized spacial score (nSPS) is 14.0. The summed E-state index contributed by atoms with van der Waals surface area (Å²) in [6, 6.07) is 3.98. The summed E-state index contributed by atoms with van der Waals surface area (Å²) >= 11 is 5.81. The second-order valence-corrected chi connectivity index (χ2v) is 4.55. The minimum absolute atomic E-state index is 0.324. The van der Waals surface area contributed by atoms with E-state index in [9.17, 15) is 4.39 Å². The molecule has 0 saturated heterocycles. The van der Waals surface area contributed by atoms with Crippen LogP contribution in [0, 0.1) is 5.82 Å². The first kappa shape index (κ1) is 12.4. The molecule has 15 heavy (non-hydrogen) atoms. The maximum atomic E-state index is 13.5. The van der Waals surface area contributed by atoms with Crippen LogP contribution in [0.2, 0.25) is 5.02 Å². The van der Waals surface area contributed by atoms with E-state index >= 15 is 0 Å². The van der Waals surface area contributed by atoms with Gasteiger partial charge < -0.3 is 11.1 Å². The highest BCUT2D eigenvalue weighted by molar-refractivity contribution is 6.30. The van der Waals surface area contributed by atoms with Crippen molar-refractivity contribution in [3.63, 3.8) is 0 Å². The van der Waals surface area contributed by atoms with Crippen LogP contribution < -0.4 is 11.1 Å². The molecule has 0 radical (unpaired) electrons. The van der Waals surface area contributed by atoms with Crippen molar-refractivity contribution in [2.24, 2.45) is 5.73 Å². The molecule has 0 spiro atoms. The molecule has 3 N–H and O–H groups in total. The number of rotatable bonds is 3. The van der Waals surface area contributed by atoms with Crippen molar-refractivity contribution in [3.8, 4) is 0 Å². The molecule has 1 aromatic carbocycles. The van der Waals surface area contributed by atoms with Gasteiger partial charge in [0.25, 0.3) is 0 Å². The second-order valence-electron chi connectivity index (χ2n) is 4.12. The molecule has 0 aliphatic rings. The Morgan fingerprint density at radius 2 is 2.07 bits per heavy atom. The van der Waals surface area contributed by atoms with Gasteiger partial charge in [0.15, 0.2) is 0 Å². The minimum atomic E-state index is -0.443. The summed E-state index contributed by atoms with van der Waals surface area (Å²) in [6.07, 6.45) is 0. The van der Waals surface area contributed by atoms with Gasteiger partial charge in [-0.15, -0.1) is 0 Å². The first-order chi connectivity index (χ1) is 6.88. The Morgan fingerprint density at radius 3 is 2.60 bits per heavy atom.